The minimum absolute atomic E-state index is 0.0147. The number of carbonyl (C=O) groups excluding carboxylic acids is 2. The van der Waals surface area contributed by atoms with Crippen LogP contribution >= 0.6 is 11.6 Å². The van der Waals surface area contributed by atoms with Crippen molar-refractivity contribution in [1.82, 2.24) is 19.4 Å². The number of halogens is 3. The fourth-order valence-corrected chi connectivity index (χ4v) is 7.67. The normalized spacial score (nSPS) is 20.6. The molecule has 2 aromatic heterocycles. The Kier molecular flexibility index (Phi) is 6.89. The second-order valence-electron chi connectivity index (χ2n) is 13.1. The number of phenols is 1. The molecule has 4 heterocycles. The topological polar surface area (TPSA) is 112 Å². The third-order valence-corrected chi connectivity index (χ3v) is 10.3. The summed E-state index contributed by atoms with van der Waals surface area (Å²) < 4.78 is 34.1. The molecule has 2 aliphatic carbocycles. The van der Waals surface area contributed by atoms with Gasteiger partial charge in [0.25, 0.3) is 11.5 Å². The molecule has 0 unspecified atom stereocenters. The summed E-state index contributed by atoms with van der Waals surface area (Å²) in [6.45, 7) is 5.58. The Labute approximate surface area is 278 Å². The lowest BCUT2D eigenvalue weighted by Gasteiger charge is -2.50. The minimum atomic E-state index is -1.02. The van der Waals surface area contributed by atoms with Crippen molar-refractivity contribution in [2.75, 3.05) is 29.9 Å². The zero-order chi connectivity index (χ0) is 33.8. The highest BCUT2D eigenvalue weighted by atomic mass is 35.5. The molecule has 4 aromatic rings. The van der Waals surface area contributed by atoms with Crippen molar-refractivity contribution >= 4 is 45.7 Å². The van der Waals surface area contributed by atoms with Crippen molar-refractivity contribution in [3.05, 3.63) is 81.6 Å². The third kappa shape index (κ3) is 4.38. The van der Waals surface area contributed by atoms with E-state index in [0.717, 1.165) is 31.7 Å². The first-order chi connectivity index (χ1) is 23.0. The van der Waals surface area contributed by atoms with Crippen LogP contribution in [0.3, 0.4) is 0 Å². The second-order valence-corrected chi connectivity index (χ2v) is 13.5. The maximum atomic E-state index is 17.5. The van der Waals surface area contributed by atoms with E-state index in [1.807, 2.05) is 6.92 Å². The number of anilines is 2. The van der Waals surface area contributed by atoms with Gasteiger partial charge < -0.3 is 19.8 Å². The van der Waals surface area contributed by atoms with Crippen molar-refractivity contribution in [1.29, 1.82) is 0 Å². The molecule has 2 aromatic carbocycles. The number of aromatic nitrogens is 3. The Hall–Kier alpha value is -4.84. The summed E-state index contributed by atoms with van der Waals surface area (Å²) >= 11 is 6.81. The lowest BCUT2D eigenvalue weighted by molar-refractivity contribution is -0.130. The van der Waals surface area contributed by atoms with Crippen molar-refractivity contribution in [2.45, 2.75) is 56.5 Å². The van der Waals surface area contributed by atoms with E-state index in [0.29, 0.717) is 17.1 Å². The average molecular weight is 673 g/mol. The molecule has 1 saturated heterocycles. The highest BCUT2D eigenvalue weighted by Gasteiger charge is 2.47. The van der Waals surface area contributed by atoms with Gasteiger partial charge >= 0.3 is 0 Å². The molecular weight excluding hydrogens is 642 g/mol. The summed E-state index contributed by atoms with van der Waals surface area (Å²) in [4.78, 5) is 55.5. The van der Waals surface area contributed by atoms with Crippen LogP contribution in [0.4, 0.5) is 20.2 Å². The van der Waals surface area contributed by atoms with Crippen molar-refractivity contribution < 1.29 is 23.5 Å². The van der Waals surface area contributed by atoms with Crippen molar-refractivity contribution in [3.8, 4) is 22.6 Å². The number of hydrogen-bond donors (Lipinski definition) is 1. The first-order valence-corrected chi connectivity index (χ1v) is 16.3. The standard InChI is InChI=1S/C35H31ClF2N6O4/c1-4-24(46)42-14-22-34(47)41(3)33-31(43(22)13-16(42)2)19-12-20(36)25(26-21(37)6-5-7-23(26)45)27(38)30(19)44(35(33)48)32-28(17-8-9-17)39-15-40-29(32)18-10-11-18/h4-7,12,15-18,22,45H,1,8-11,13-14H2,2-3H3/t16-,22-/m1/s1. The number of hydrogen-bond acceptors (Lipinski definition) is 7. The van der Waals surface area contributed by atoms with E-state index in [-0.39, 0.29) is 58.1 Å². The lowest BCUT2D eigenvalue weighted by atomic mass is 9.95. The summed E-state index contributed by atoms with van der Waals surface area (Å²) in [5, 5.41) is 10.7. The zero-order valence-corrected chi connectivity index (χ0v) is 27.0. The molecule has 2 saturated carbocycles. The number of nitrogens with zero attached hydrogens (tertiary/aromatic N) is 6. The second kappa shape index (κ2) is 10.8. The molecule has 1 N–H and O–H groups in total. The van der Waals surface area contributed by atoms with Gasteiger partial charge in [0.05, 0.1) is 45.4 Å². The first kappa shape index (κ1) is 30.5. The highest BCUT2D eigenvalue weighted by Crippen LogP contribution is 2.51. The fourth-order valence-electron chi connectivity index (χ4n) is 7.38. The van der Waals surface area contributed by atoms with Crippen molar-refractivity contribution in [2.24, 2.45) is 0 Å². The molecule has 2 atom stereocenters. The SMILES string of the molecule is C=CC(=O)N1C[C@@H]2C(=O)N(C)c3c(c4cc(Cl)c(-c5c(O)cccc5F)c(F)c4n(-c4c(C5CC5)ncnc4C4CC4)c3=O)N2C[C@H]1C. The van der Waals surface area contributed by atoms with E-state index in [1.54, 1.807) is 9.80 Å². The van der Waals surface area contributed by atoms with Crippen LogP contribution in [0.1, 0.15) is 55.8 Å². The molecule has 246 valence electrons. The van der Waals surface area contributed by atoms with Crippen LogP contribution in [0.15, 0.2) is 48.0 Å². The number of benzene rings is 2. The van der Waals surface area contributed by atoms with Crippen LogP contribution < -0.4 is 15.4 Å². The number of rotatable bonds is 5. The summed E-state index contributed by atoms with van der Waals surface area (Å²) in [5.41, 5.74) is 0.150. The van der Waals surface area contributed by atoms with Crippen molar-refractivity contribution in [3.63, 3.8) is 0 Å². The third-order valence-electron chi connectivity index (χ3n) is 10.0. The van der Waals surface area contributed by atoms with Gasteiger partial charge in [0.15, 0.2) is 5.82 Å². The predicted molar refractivity (Wildman–Crippen MR) is 177 cm³/mol. The largest absolute Gasteiger partial charge is 0.507 e. The van der Waals surface area contributed by atoms with E-state index in [9.17, 15) is 14.7 Å². The number of fused-ring (bicyclic) bond motifs is 5. The van der Waals surface area contributed by atoms with Gasteiger partial charge in [-0.15, -0.1) is 0 Å². The predicted octanol–water partition coefficient (Wildman–Crippen LogP) is 5.41. The summed E-state index contributed by atoms with van der Waals surface area (Å²) in [7, 11) is 1.49. The van der Waals surface area contributed by atoms with Gasteiger partial charge in [-0.1, -0.05) is 24.2 Å². The Balaban J connectivity index is 1.51. The van der Waals surface area contributed by atoms with E-state index < -0.39 is 52.1 Å². The molecule has 3 fully saturated rings. The molecule has 2 aliphatic heterocycles. The minimum Gasteiger partial charge on any atom is -0.507 e. The number of phenolic OH excluding ortho intramolecular Hbond substituents is 1. The molecule has 48 heavy (non-hydrogen) atoms. The number of pyridine rings is 1. The molecule has 4 aliphatic rings. The number of amides is 2. The summed E-state index contributed by atoms with van der Waals surface area (Å²) in [6, 6.07) is 3.79. The number of aromatic hydroxyl groups is 1. The maximum Gasteiger partial charge on any atom is 0.281 e. The summed E-state index contributed by atoms with van der Waals surface area (Å²) in [5.74, 6) is -3.12. The molecule has 10 nitrogen and oxygen atoms in total. The van der Waals surface area contributed by atoms with Gasteiger partial charge in [-0.3, -0.25) is 19.0 Å². The first-order valence-electron chi connectivity index (χ1n) is 15.9. The molecule has 0 radical (unpaired) electrons. The molecule has 8 rings (SSSR count). The molecule has 2 amide bonds. The number of piperazine rings is 1. The Bertz CT molecular complexity index is 2110. The Morgan fingerprint density at radius 1 is 1.02 bits per heavy atom. The maximum absolute atomic E-state index is 17.5. The number of likely N-dealkylation sites (N-methyl/N-ethyl adjacent to an activating group) is 1. The quantitative estimate of drug-likeness (QED) is 0.282. The van der Waals surface area contributed by atoms with Gasteiger partial charge in [0.2, 0.25) is 5.91 Å². The smallest absolute Gasteiger partial charge is 0.281 e. The van der Waals surface area contributed by atoms with Crippen LogP contribution in [0.2, 0.25) is 5.02 Å². The van der Waals surface area contributed by atoms with Gasteiger partial charge in [0, 0.05) is 42.4 Å². The van der Waals surface area contributed by atoms with E-state index >= 15 is 13.6 Å². The lowest BCUT2D eigenvalue weighted by Crippen LogP contribution is -2.66. The molecule has 0 bridgehead atoms. The number of carbonyl (C=O) groups is 2. The van der Waals surface area contributed by atoms with Crippen LogP contribution in [0.5, 0.6) is 5.75 Å². The zero-order valence-electron chi connectivity index (χ0n) is 26.2. The van der Waals surface area contributed by atoms with Gasteiger partial charge in [-0.05, 0) is 56.9 Å². The fraction of sp³-hybridized carbons (Fsp3) is 0.343. The van der Waals surface area contributed by atoms with Gasteiger partial charge in [-0.2, -0.15) is 0 Å². The van der Waals surface area contributed by atoms with E-state index in [4.69, 9.17) is 11.6 Å². The van der Waals surface area contributed by atoms with E-state index in [2.05, 4.69) is 16.5 Å². The molecule has 0 spiro atoms. The van der Waals surface area contributed by atoms with E-state index in [1.165, 1.54) is 47.1 Å². The molecular formula is C35H31ClF2N6O4. The van der Waals surface area contributed by atoms with Crippen LogP contribution in [0, 0.1) is 11.6 Å². The van der Waals surface area contributed by atoms with Crippen LogP contribution in [-0.2, 0) is 9.59 Å². The Morgan fingerprint density at radius 2 is 1.69 bits per heavy atom. The molecule has 13 heteroatoms. The van der Waals surface area contributed by atoms with Gasteiger partial charge in [0.1, 0.15) is 29.6 Å². The van der Waals surface area contributed by atoms with Crippen LogP contribution in [-0.4, -0.2) is 68.6 Å². The average Bonchev–Trinajstić information content (AvgIpc) is 3.98. The highest BCUT2D eigenvalue weighted by molar-refractivity contribution is 6.35. The summed E-state index contributed by atoms with van der Waals surface area (Å²) in [6.07, 6.45) is 6.00. The van der Waals surface area contributed by atoms with Gasteiger partial charge in [-0.25, -0.2) is 18.7 Å². The van der Waals surface area contributed by atoms with Crippen LogP contribution in [0.25, 0.3) is 27.7 Å². The Morgan fingerprint density at radius 3 is 2.29 bits per heavy atom. The monoisotopic (exact) mass is 672 g/mol.